The molecule has 1 saturated carbocycles. The van der Waals surface area contributed by atoms with E-state index in [0.717, 1.165) is 11.6 Å². The minimum Gasteiger partial charge on any atom is -0.382 e. The summed E-state index contributed by atoms with van der Waals surface area (Å²) in [7, 11) is 1.65. The van der Waals surface area contributed by atoms with Crippen molar-refractivity contribution < 1.29 is 4.79 Å². The van der Waals surface area contributed by atoms with Crippen LogP contribution in [-0.4, -0.2) is 19.0 Å². The van der Waals surface area contributed by atoms with Gasteiger partial charge < -0.3 is 10.6 Å². The van der Waals surface area contributed by atoms with Gasteiger partial charge in [-0.15, -0.1) is 0 Å². The Morgan fingerprint density at radius 1 is 1.28 bits per heavy atom. The molecule has 1 amide bonds. The Kier molecular flexibility index (Phi) is 4.24. The minimum absolute atomic E-state index is 0.0335. The number of amides is 1. The lowest BCUT2D eigenvalue weighted by Gasteiger charge is -2.20. The third kappa shape index (κ3) is 2.84. The van der Waals surface area contributed by atoms with Crippen molar-refractivity contribution in [2.75, 3.05) is 12.4 Å². The summed E-state index contributed by atoms with van der Waals surface area (Å²) in [5, 5.41) is 6.22. The fourth-order valence-electron chi connectivity index (χ4n) is 2.79. The van der Waals surface area contributed by atoms with Gasteiger partial charge in [0.05, 0.1) is 0 Å². The molecule has 1 aromatic rings. The topological polar surface area (TPSA) is 41.1 Å². The highest BCUT2D eigenvalue weighted by molar-refractivity contribution is 5.94. The van der Waals surface area contributed by atoms with E-state index >= 15 is 0 Å². The number of hydrogen-bond acceptors (Lipinski definition) is 2. The normalized spacial score (nSPS) is 22.8. The molecule has 2 N–H and O–H groups in total. The molecular formula is C15H22N2O. The molecule has 98 valence electrons. The second-order valence-corrected chi connectivity index (χ2v) is 5.01. The lowest BCUT2D eigenvalue weighted by molar-refractivity contribution is 0.0963. The van der Waals surface area contributed by atoms with Gasteiger partial charge >= 0.3 is 0 Å². The van der Waals surface area contributed by atoms with Gasteiger partial charge in [0.25, 0.3) is 5.91 Å². The predicted molar refractivity (Wildman–Crippen MR) is 74.9 cm³/mol. The Balaban J connectivity index is 2.00. The third-order valence-corrected chi connectivity index (χ3v) is 3.91. The molecule has 0 aromatic heterocycles. The Labute approximate surface area is 109 Å². The first-order chi connectivity index (χ1) is 8.74. The quantitative estimate of drug-likeness (QED) is 0.857. The standard InChI is InChI=1S/C15H22N2O/c1-3-11-5-4-6-14(11)17-13-9-7-12(8-10-13)15(18)16-2/h7-11,14,17H,3-6H2,1-2H3,(H,16,18). The highest BCUT2D eigenvalue weighted by Gasteiger charge is 2.25. The Morgan fingerprint density at radius 3 is 2.61 bits per heavy atom. The van der Waals surface area contributed by atoms with Gasteiger partial charge in [-0.25, -0.2) is 0 Å². The number of hydrogen-bond donors (Lipinski definition) is 2. The van der Waals surface area contributed by atoms with Crippen molar-refractivity contribution >= 4 is 11.6 Å². The highest BCUT2D eigenvalue weighted by Crippen LogP contribution is 2.30. The van der Waals surface area contributed by atoms with E-state index in [2.05, 4.69) is 17.6 Å². The summed E-state index contributed by atoms with van der Waals surface area (Å²) in [6, 6.07) is 8.33. The van der Waals surface area contributed by atoms with Crippen LogP contribution in [0.1, 0.15) is 43.0 Å². The summed E-state index contributed by atoms with van der Waals surface area (Å²) in [5.41, 5.74) is 1.83. The lowest BCUT2D eigenvalue weighted by atomic mass is 10.0. The maximum atomic E-state index is 11.4. The van der Waals surface area contributed by atoms with E-state index in [0.29, 0.717) is 11.6 Å². The summed E-state index contributed by atoms with van der Waals surface area (Å²) >= 11 is 0. The van der Waals surface area contributed by atoms with Crippen LogP contribution in [0.5, 0.6) is 0 Å². The molecule has 3 heteroatoms. The van der Waals surface area contributed by atoms with E-state index < -0.39 is 0 Å². The molecule has 1 aliphatic carbocycles. The molecule has 2 unspecified atom stereocenters. The molecule has 1 aliphatic rings. The summed E-state index contributed by atoms with van der Waals surface area (Å²) in [5.74, 6) is 0.762. The molecule has 0 aliphatic heterocycles. The number of benzene rings is 1. The number of rotatable bonds is 4. The first kappa shape index (κ1) is 12.9. The molecule has 0 saturated heterocycles. The maximum Gasteiger partial charge on any atom is 0.251 e. The summed E-state index contributed by atoms with van der Waals surface area (Å²) < 4.78 is 0. The van der Waals surface area contributed by atoms with E-state index in [9.17, 15) is 4.79 Å². The summed E-state index contributed by atoms with van der Waals surface area (Å²) in [6.07, 6.45) is 5.17. The van der Waals surface area contributed by atoms with Crippen molar-refractivity contribution in [2.45, 2.75) is 38.6 Å². The van der Waals surface area contributed by atoms with Gasteiger partial charge in [-0.3, -0.25) is 4.79 Å². The van der Waals surface area contributed by atoms with Gasteiger partial charge in [-0.05, 0) is 43.0 Å². The van der Waals surface area contributed by atoms with Crippen LogP contribution in [0.15, 0.2) is 24.3 Å². The smallest absolute Gasteiger partial charge is 0.251 e. The monoisotopic (exact) mass is 246 g/mol. The molecular weight excluding hydrogens is 224 g/mol. The van der Waals surface area contributed by atoms with Crippen molar-refractivity contribution in [3.63, 3.8) is 0 Å². The van der Waals surface area contributed by atoms with E-state index in [4.69, 9.17) is 0 Å². The highest BCUT2D eigenvalue weighted by atomic mass is 16.1. The number of anilines is 1. The zero-order valence-electron chi connectivity index (χ0n) is 11.2. The first-order valence-electron chi connectivity index (χ1n) is 6.83. The van der Waals surface area contributed by atoms with Crippen LogP contribution in [0.2, 0.25) is 0 Å². The second-order valence-electron chi connectivity index (χ2n) is 5.01. The molecule has 1 aromatic carbocycles. The van der Waals surface area contributed by atoms with Crippen LogP contribution in [0, 0.1) is 5.92 Å². The minimum atomic E-state index is -0.0335. The molecule has 2 rings (SSSR count). The molecule has 18 heavy (non-hydrogen) atoms. The largest absolute Gasteiger partial charge is 0.382 e. The van der Waals surface area contributed by atoms with Crippen molar-refractivity contribution in [1.82, 2.24) is 5.32 Å². The summed E-state index contributed by atoms with van der Waals surface area (Å²) in [6.45, 7) is 2.26. The van der Waals surface area contributed by atoms with Crippen molar-refractivity contribution in [3.8, 4) is 0 Å². The lowest BCUT2D eigenvalue weighted by Crippen LogP contribution is -2.23. The third-order valence-electron chi connectivity index (χ3n) is 3.91. The van der Waals surface area contributed by atoms with Gasteiger partial charge in [0.15, 0.2) is 0 Å². The number of carbonyl (C=O) groups excluding carboxylic acids is 1. The average Bonchev–Trinajstić information content (AvgIpc) is 2.86. The molecule has 0 heterocycles. The second kappa shape index (κ2) is 5.89. The fraction of sp³-hybridized carbons (Fsp3) is 0.533. The zero-order valence-corrected chi connectivity index (χ0v) is 11.2. The van der Waals surface area contributed by atoms with Gasteiger partial charge in [-0.2, -0.15) is 0 Å². The van der Waals surface area contributed by atoms with E-state index in [1.54, 1.807) is 7.05 Å². The van der Waals surface area contributed by atoms with E-state index in [-0.39, 0.29) is 5.91 Å². The average molecular weight is 246 g/mol. The van der Waals surface area contributed by atoms with Crippen LogP contribution in [0.4, 0.5) is 5.69 Å². The first-order valence-corrected chi connectivity index (χ1v) is 6.83. The van der Waals surface area contributed by atoms with Gasteiger partial charge in [0, 0.05) is 24.3 Å². The molecule has 3 nitrogen and oxygen atoms in total. The molecule has 0 radical (unpaired) electrons. The molecule has 1 fully saturated rings. The fourth-order valence-corrected chi connectivity index (χ4v) is 2.79. The SMILES string of the molecule is CCC1CCCC1Nc1ccc(C(=O)NC)cc1. The zero-order chi connectivity index (χ0) is 13.0. The van der Waals surface area contributed by atoms with Crippen LogP contribution < -0.4 is 10.6 Å². The van der Waals surface area contributed by atoms with Crippen molar-refractivity contribution in [3.05, 3.63) is 29.8 Å². The van der Waals surface area contributed by atoms with E-state index in [1.165, 1.54) is 25.7 Å². The van der Waals surface area contributed by atoms with Gasteiger partial charge in [-0.1, -0.05) is 19.8 Å². The molecule has 0 spiro atoms. The Morgan fingerprint density at radius 2 is 2.00 bits per heavy atom. The van der Waals surface area contributed by atoms with Crippen LogP contribution in [-0.2, 0) is 0 Å². The van der Waals surface area contributed by atoms with Crippen LogP contribution >= 0.6 is 0 Å². The maximum absolute atomic E-state index is 11.4. The van der Waals surface area contributed by atoms with Gasteiger partial charge in [0.2, 0.25) is 0 Å². The Hall–Kier alpha value is -1.51. The molecule has 2 atom stereocenters. The van der Waals surface area contributed by atoms with Crippen molar-refractivity contribution in [2.24, 2.45) is 5.92 Å². The predicted octanol–water partition coefficient (Wildman–Crippen LogP) is 3.04. The van der Waals surface area contributed by atoms with Crippen LogP contribution in [0.25, 0.3) is 0 Å². The number of nitrogens with one attached hydrogen (secondary N) is 2. The summed E-state index contributed by atoms with van der Waals surface area (Å²) in [4.78, 5) is 11.4. The Bertz CT molecular complexity index is 399. The van der Waals surface area contributed by atoms with Crippen LogP contribution in [0.3, 0.4) is 0 Å². The molecule has 0 bridgehead atoms. The number of carbonyl (C=O) groups is 1. The van der Waals surface area contributed by atoms with Crippen molar-refractivity contribution in [1.29, 1.82) is 0 Å². The van der Waals surface area contributed by atoms with Gasteiger partial charge in [0.1, 0.15) is 0 Å². The van der Waals surface area contributed by atoms with E-state index in [1.807, 2.05) is 24.3 Å².